The molecule has 0 unspecified atom stereocenters. The predicted octanol–water partition coefficient (Wildman–Crippen LogP) is 0.385. The van der Waals surface area contributed by atoms with Crippen LogP contribution in [0.1, 0.15) is 20.3 Å². The van der Waals surface area contributed by atoms with E-state index in [2.05, 4.69) is 5.16 Å². The van der Waals surface area contributed by atoms with Crippen molar-refractivity contribution in [3.8, 4) is 0 Å². The Balaban J connectivity index is 4.12. The highest BCUT2D eigenvalue weighted by atomic mass is 16.4. The van der Waals surface area contributed by atoms with Gasteiger partial charge in [0.05, 0.1) is 6.42 Å². The molecule has 0 aliphatic carbocycles. The fraction of sp³-hybridized carbons (Fsp3) is 0.500. The van der Waals surface area contributed by atoms with Crippen LogP contribution in [0.25, 0.3) is 0 Å². The third kappa shape index (κ3) is 2.96. The molecule has 0 bridgehead atoms. The normalized spacial score (nSPS) is 11.2. The van der Waals surface area contributed by atoms with Crippen LogP contribution >= 0.6 is 0 Å². The Bertz CT molecular complexity index is 183. The molecule has 0 rings (SSSR count). The van der Waals surface area contributed by atoms with Gasteiger partial charge in [-0.15, -0.1) is 0 Å². The zero-order valence-corrected chi connectivity index (χ0v) is 5.92. The zero-order valence-electron chi connectivity index (χ0n) is 5.92. The lowest BCUT2D eigenvalue weighted by atomic mass is 10.1. The summed E-state index contributed by atoms with van der Waals surface area (Å²) in [4.78, 5) is 20.8. The molecule has 0 radical (unpaired) electrons. The van der Waals surface area contributed by atoms with Gasteiger partial charge in [0.25, 0.3) is 0 Å². The average Bonchev–Trinajstić information content (AvgIpc) is 1.81. The van der Waals surface area contributed by atoms with Gasteiger partial charge < -0.3 is 5.21 Å². The number of hydrogen-bond donors (Lipinski definition) is 1. The lowest BCUT2D eigenvalue weighted by Gasteiger charge is -1.93. The Morgan fingerprint density at radius 3 is 2.00 bits per heavy atom. The van der Waals surface area contributed by atoms with E-state index in [0.717, 1.165) is 0 Å². The molecular weight excluding hydrogens is 134 g/mol. The molecule has 1 N–H and O–H groups in total. The second kappa shape index (κ2) is 3.76. The van der Waals surface area contributed by atoms with Gasteiger partial charge in [-0.2, -0.15) is 0 Å². The second-order valence-electron chi connectivity index (χ2n) is 1.98. The monoisotopic (exact) mass is 143 g/mol. The van der Waals surface area contributed by atoms with Crippen molar-refractivity contribution in [3.05, 3.63) is 0 Å². The maximum atomic E-state index is 10.5. The first-order chi connectivity index (χ1) is 4.57. The van der Waals surface area contributed by atoms with E-state index in [9.17, 15) is 9.59 Å². The van der Waals surface area contributed by atoms with Gasteiger partial charge in [-0.05, 0) is 6.92 Å². The topological polar surface area (TPSA) is 66.7 Å². The first-order valence-electron chi connectivity index (χ1n) is 2.79. The molecule has 0 aliphatic rings. The first-order valence-corrected chi connectivity index (χ1v) is 2.79. The van der Waals surface area contributed by atoms with Crippen LogP contribution in [-0.2, 0) is 9.59 Å². The van der Waals surface area contributed by atoms with Crippen molar-refractivity contribution in [1.82, 2.24) is 0 Å². The van der Waals surface area contributed by atoms with Crippen molar-refractivity contribution in [1.29, 1.82) is 0 Å². The van der Waals surface area contributed by atoms with Gasteiger partial charge in [0, 0.05) is 6.92 Å². The van der Waals surface area contributed by atoms with E-state index in [1.54, 1.807) is 0 Å². The van der Waals surface area contributed by atoms with Crippen LogP contribution in [0.5, 0.6) is 0 Å². The fourth-order valence-electron chi connectivity index (χ4n) is 0.466. The summed E-state index contributed by atoms with van der Waals surface area (Å²) in [6.45, 7) is 2.58. The van der Waals surface area contributed by atoms with Crippen molar-refractivity contribution in [2.75, 3.05) is 0 Å². The summed E-state index contributed by atoms with van der Waals surface area (Å²) in [5, 5.41) is 10.8. The van der Waals surface area contributed by atoms with Gasteiger partial charge in [-0.1, -0.05) is 5.16 Å². The van der Waals surface area contributed by atoms with Crippen LogP contribution < -0.4 is 0 Å². The van der Waals surface area contributed by atoms with Crippen LogP contribution in [-0.4, -0.2) is 22.5 Å². The van der Waals surface area contributed by atoms with Gasteiger partial charge in [-0.25, -0.2) is 0 Å². The fourth-order valence-corrected chi connectivity index (χ4v) is 0.466. The molecule has 0 aliphatic heterocycles. The molecule has 10 heavy (non-hydrogen) atoms. The summed E-state index contributed by atoms with van der Waals surface area (Å²) in [5.41, 5.74) is -0.0903. The summed E-state index contributed by atoms with van der Waals surface area (Å²) in [6.07, 6.45) is -0.0914. The molecule has 56 valence electrons. The van der Waals surface area contributed by atoms with Gasteiger partial charge in [0.15, 0.2) is 5.78 Å². The molecule has 4 heteroatoms. The zero-order chi connectivity index (χ0) is 8.15. The van der Waals surface area contributed by atoms with Crippen molar-refractivity contribution < 1.29 is 14.8 Å². The maximum Gasteiger partial charge on any atom is 0.177 e. The Labute approximate surface area is 58.5 Å². The molecule has 0 saturated carbocycles. The second-order valence-corrected chi connectivity index (χ2v) is 1.98. The van der Waals surface area contributed by atoms with E-state index >= 15 is 0 Å². The first kappa shape index (κ1) is 8.81. The Hall–Kier alpha value is -1.19. The molecule has 0 aromatic carbocycles. The number of carbonyl (C=O) groups excluding carboxylic acids is 2. The largest absolute Gasteiger partial charge is 0.411 e. The van der Waals surface area contributed by atoms with Crippen molar-refractivity contribution in [2.45, 2.75) is 20.3 Å². The highest BCUT2D eigenvalue weighted by Crippen LogP contribution is 1.89. The predicted molar refractivity (Wildman–Crippen MR) is 35.2 cm³/mol. The van der Waals surface area contributed by atoms with Gasteiger partial charge in [0.2, 0.25) is 0 Å². The van der Waals surface area contributed by atoms with E-state index in [4.69, 9.17) is 5.21 Å². The number of carbonyl (C=O) groups is 2. The van der Waals surface area contributed by atoms with Crippen molar-refractivity contribution in [3.63, 3.8) is 0 Å². The summed E-state index contributed by atoms with van der Waals surface area (Å²) in [5.74, 6) is -0.569. The molecule has 0 fully saturated rings. The van der Waals surface area contributed by atoms with E-state index in [-0.39, 0.29) is 23.7 Å². The highest BCUT2D eigenvalue weighted by molar-refractivity contribution is 6.41. The molecule has 0 aromatic heterocycles. The van der Waals surface area contributed by atoms with E-state index in [0.29, 0.717) is 0 Å². The highest BCUT2D eigenvalue weighted by Gasteiger charge is 2.08. The molecule has 0 saturated heterocycles. The van der Waals surface area contributed by atoms with E-state index in [1.807, 2.05) is 0 Å². The Morgan fingerprint density at radius 2 is 1.90 bits per heavy atom. The summed E-state index contributed by atoms with van der Waals surface area (Å²) in [6, 6.07) is 0. The number of hydrogen-bond acceptors (Lipinski definition) is 4. The molecule has 0 aromatic rings. The Morgan fingerprint density at radius 1 is 1.40 bits per heavy atom. The van der Waals surface area contributed by atoms with Gasteiger partial charge in [0.1, 0.15) is 11.5 Å². The Kier molecular flexibility index (Phi) is 3.32. The SMILES string of the molecule is CC(=O)C/C(=N/O)C(C)=O. The van der Waals surface area contributed by atoms with Crippen molar-refractivity contribution in [2.24, 2.45) is 5.16 Å². The lowest BCUT2D eigenvalue weighted by molar-refractivity contribution is -0.117. The number of Topliss-reactive ketones (excluding diaryl/α,β-unsaturated/α-hetero) is 2. The van der Waals surface area contributed by atoms with Gasteiger partial charge in [-0.3, -0.25) is 9.59 Å². The number of nitrogens with zero attached hydrogens (tertiary/aromatic N) is 1. The van der Waals surface area contributed by atoms with Crippen LogP contribution in [0.2, 0.25) is 0 Å². The van der Waals surface area contributed by atoms with E-state index in [1.165, 1.54) is 13.8 Å². The minimum atomic E-state index is -0.377. The standard InChI is InChI=1S/C6H9NO3/c1-4(8)3-6(7-10)5(2)9/h10H,3H2,1-2H3/b7-6-. The molecule has 0 heterocycles. The van der Waals surface area contributed by atoms with Crippen LogP contribution in [0.15, 0.2) is 5.16 Å². The number of oxime groups is 1. The molecule has 0 spiro atoms. The molecule has 0 amide bonds. The molecule has 0 atom stereocenters. The molecule has 4 nitrogen and oxygen atoms in total. The summed E-state index contributed by atoms with van der Waals surface area (Å²) >= 11 is 0. The number of ketones is 2. The van der Waals surface area contributed by atoms with Crippen LogP contribution in [0.3, 0.4) is 0 Å². The lowest BCUT2D eigenvalue weighted by Crippen LogP contribution is -2.13. The van der Waals surface area contributed by atoms with Gasteiger partial charge >= 0.3 is 0 Å². The third-order valence-electron chi connectivity index (χ3n) is 0.943. The van der Waals surface area contributed by atoms with Crippen molar-refractivity contribution >= 4 is 17.3 Å². The number of rotatable bonds is 3. The van der Waals surface area contributed by atoms with E-state index < -0.39 is 0 Å². The smallest absolute Gasteiger partial charge is 0.177 e. The molecular formula is C6H9NO3. The maximum absolute atomic E-state index is 10.5. The van der Waals surface area contributed by atoms with Crippen LogP contribution in [0, 0.1) is 0 Å². The quantitative estimate of drug-likeness (QED) is 0.353. The summed E-state index contributed by atoms with van der Waals surface area (Å²) in [7, 11) is 0. The minimum Gasteiger partial charge on any atom is -0.411 e. The third-order valence-corrected chi connectivity index (χ3v) is 0.943. The summed E-state index contributed by atoms with van der Waals surface area (Å²) < 4.78 is 0. The minimum absolute atomic E-state index is 0.0903. The average molecular weight is 143 g/mol. The van der Waals surface area contributed by atoms with Crippen LogP contribution in [0.4, 0.5) is 0 Å².